The molecule has 32 heavy (non-hydrogen) atoms. The van der Waals surface area contributed by atoms with Gasteiger partial charge in [0.05, 0.1) is 4.92 Å². The third kappa shape index (κ3) is 3.59. The SMILES string of the molecule is CCCc1ccc(C2(C)NC(=O)N(CC(=O)N3CCc4cc([N+](=O)[O-])ccc43)C2=O)cc1. The molecule has 0 aliphatic carbocycles. The molecule has 2 aliphatic heterocycles. The monoisotopic (exact) mass is 436 g/mol. The van der Waals surface area contributed by atoms with E-state index in [1.165, 1.54) is 23.1 Å². The first-order valence-corrected chi connectivity index (χ1v) is 10.6. The van der Waals surface area contributed by atoms with E-state index >= 15 is 0 Å². The molecule has 0 spiro atoms. The molecule has 9 heteroatoms. The van der Waals surface area contributed by atoms with Gasteiger partial charge in [0.1, 0.15) is 12.1 Å². The molecule has 0 radical (unpaired) electrons. The van der Waals surface area contributed by atoms with Gasteiger partial charge in [0.25, 0.3) is 11.6 Å². The van der Waals surface area contributed by atoms with Crippen molar-refractivity contribution in [3.63, 3.8) is 0 Å². The van der Waals surface area contributed by atoms with Crippen LogP contribution in [-0.4, -0.2) is 40.8 Å². The second kappa shape index (κ2) is 8.07. The number of hydrogen-bond acceptors (Lipinski definition) is 5. The highest BCUT2D eigenvalue weighted by Gasteiger charge is 2.50. The molecule has 4 amide bonds. The summed E-state index contributed by atoms with van der Waals surface area (Å²) in [6.45, 7) is 3.67. The standard InChI is InChI=1S/C23H24N4O5/c1-3-4-15-5-7-17(8-6-15)23(2)21(29)26(22(30)24-23)14-20(28)25-12-11-16-13-18(27(31)32)9-10-19(16)25/h5-10,13H,3-4,11-12,14H2,1-2H3,(H,24,30). The van der Waals surface area contributed by atoms with Gasteiger partial charge in [-0.05, 0) is 42.5 Å². The van der Waals surface area contributed by atoms with Gasteiger partial charge in [0.15, 0.2) is 0 Å². The molecule has 0 aromatic heterocycles. The summed E-state index contributed by atoms with van der Waals surface area (Å²) < 4.78 is 0. The quantitative estimate of drug-likeness (QED) is 0.425. The highest BCUT2D eigenvalue weighted by atomic mass is 16.6. The number of rotatable bonds is 6. The normalized spacial score (nSPS) is 19.8. The van der Waals surface area contributed by atoms with E-state index in [4.69, 9.17) is 0 Å². The first-order chi connectivity index (χ1) is 15.2. The average molecular weight is 436 g/mol. The summed E-state index contributed by atoms with van der Waals surface area (Å²) >= 11 is 0. The van der Waals surface area contributed by atoms with Crippen molar-refractivity contribution >= 4 is 29.2 Å². The van der Waals surface area contributed by atoms with Gasteiger partial charge in [-0.2, -0.15) is 0 Å². The van der Waals surface area contributed by atoms with Gasteiger partial charge < -0.3 is 10.2 Å². The summed E-state index contributed by atoms with van der Waals surface area (Å²) in [5.41, 5.74) is 1.80. The Kier molecular flexibility index (Phi) is 5.41. The maximum absolute atomic E-state index is 13.2. The topological polar surface area (TPSA) is 113 Å². The number of nitrogens with zero attached hydrogens (tertiary/aromatic N) is 3. The van der Waals surface area contributed by atoms with Crippen LogP contribution in [0.5, 0.6) is 0 Å². The number of imide groups is 1. The van der Waals surface area contributed by atoms with E-state index in [9.17, 15) is 24.5 Å². The number of aryl methyl sites for hydroxylation is 1. The number of non-ortho nitro benzene ring substituents is 1. The van der Waals surface area contributed by atoms with Crippen molar-refractivity contribution in [1.82, 2.24) is 10.2 Å². The van der Waals surface area contributed by atoms with Crippen LogP contribution in [-0.2, 0) is 28.0 Å². The number of fused-ring (bicyclic) bond motifs is 1. The molecule has 1 atom stereocenters. The van der Waals surface area contributed by atoms with Gasteiger partial charge in [-0.3, -0.25) is 24.6 Å². The van der Waals surface area contributed by atoms with Crippen molar-refractivity contribution in [2.75, 3.05) is 18.0 Å². The smallest absolute Gasteiger partial charge is 0.319 e. The molecular weight excluding hydrogens is 412 g/mol. The Bertz CT molecular complexity index is 1110. The van der Waals surface area contributed by atoms with Crippen LogP contribution in [0.3, 0.4) is 0 Å². The van der Waals surface area contributed by atoms with E-state index in [2.05, 4.69) is 12.2 Å². The second-order valence-corrected chi connectivity index (χ2v) is 8.26. The largest absolute Gasteiger partial charge is 0.325 e. The average Bonchev–Trinajstić information content (AvgIpc) is 3.29. The van der Waals surface area contributed by atoms with Gasteiger partial charge >= 0.3 is 6.03 Å². The Balaban J connectivity index is 1.51. The van der Waals surface area contributed by atoms with Crippen molar-refractivity contribution in [2.45, 2.75) is 38.6 Å². The van der Waals surface area contributed by atoms with E-state index in [1.807, 2.05) is 24.3 Å². The molecule has 0 saturated carbocycles. The van der Waals surface area contributed by atoms with Gasteiger partial charge in [-0.25, -0.2) is 4.79 Å². The summed E-state index contributed by atoms with van der Waals surface area (Å²) in [6, 6.07) is 11.3. The molecule has 9 nitrogen and oxygen atoms in total. The molecule has 1 fully saturated rings. The molecular formula is C23H24N4O5. The first-order valence-electron chi connectivity index (χ1n) is 10.6. The highest BCUT2D eigenvalue weighted by molar-refractivity contribution is 6.10. The minimum atomic E-state index is -1.24. The van der Waals surface area contributed by atoms with E-state index in [0.29, 0.717) is 29.8 Å². The van der Waals surface area contributed by atoms with Crippen LogP contribution >= 0.6 is 0 Å². The second-order valence-electron chi connectivity index (χ2n) is 8.26. The third-order valence-electron chi connectivity index (χ3n) is 6.11. The summed E-state index contributed by atoms with van der Waals surface area (Å²) in [5, 5.41) is 13.7. The Morgan fingerprint density at radius 1 is 1.19 bits per heavy atom. The Morgan fingerprint density at radius 3 is 2.56 bits per heavy atom. The minimum Gasteiger partial charge on any atom is -0.319 e. The highest BCUT2D eigenvalue weighted by Crippen LogP contribution is 2.33. The van der Waals surface area contributed by atoms with Crippen LogP contribution in [0.25, 0.3) is 0 Å². The van der Waals surface area contributed by atoms with Gasteiger partial charge in [-0.1, -0.05) is 37.6 Å². The molecule has 2 aliphatic rings. The number of urea groups is 1. The Morgan fingerprint density at radius 2 is 1.91 bits per heavy atom. The lowest BCUT2D eigenvalue weighted by Crippen LogP contribution is -2.44. The zero-order chi connectivity index (χ0) is 23.0. The van der Waals surface area contributed by atoms with Crippen LogP contribution < -0.4 is 10.2 Å². The van der Waals surface area contributed by atoms with E-state index in [-0.39, 0.29) is 5.69 Å². The number of hydrogen-bond donors (Lipinski definition) is 1. The van der Waals surface area contributed by atoms with E-state index in [0.717, 1.165) is 23.3 Å². The van der Waals surface area contributed by atoms with Gasteiger partial charge in [0, 0.05) is 24.4 Å². The predicted octanol–water partition coefficient (Wildman–Crippen LogP) is 2.90. The van der Waals surface area contributed by atoms with Gasteiger partial charge in [0.2, 0.25) is 5.91 Å². The van der Waals surface area contributed by atoms with Crippen LogP contribution in [0.2, 0.25) is 0 Å². The molecule has 1 saturated heterocycles. The van der Waals surface area contributed by atoms with Crippen LogP contribution in [0.1, 0.15) is 37.0 Å². The number of nitrogens with one attached hydrogen (secondary N) is 1. The van der Waals surface area contributed by atoms with Crippen molar-refractivity contribution in [1.29, 1.82) is 0 Å². The minimum absolute atomic E-state index is 0.0344. The predicted molar refractivity (Wildman–Crippen MR) is 117 cm³/mol. The molecule has 2 aromatic rings. The zero-order valence-corrected chi connectivity index (χ0v) is 18.0. The number of amides is 4. The Hall–Kier alpha value is -3.75. The van der Waals surface area contributed by atoms with Crippen molar-refractivity contribution < 1.29 is 19.3 Å². The number of nitro benzene ring substituents is 1. The number of benzene rings is 2. The third-order valence-corrected chi connectivity index (χ3v) is 6.11. The molecule has 1 unspecified atom stereocenters. The maximum Gasteiger partial charge on any atom is 0.325 e. The van der Waals surface area contributed by atoms with Crippen molar-refractivity contribution in [3.8, 4) is 0 Å². The Labute approximate surface area is 185 Å². The lowest BCUT2D eigenvalue weighted by molar-refractivity contribution is -0.384. The summed E-state index contributed by atoms with van der Waals surface area (Å²) in [4.78, 5) is 51.6. The molecule has 1 N–H and O–H groups in total. The van der Waals surface area contributed by atoms with Crippen LogP contribution in [0, 0.1) is 10.1 Å². The summed E-state index contributed by atoms with van der Waals surface area (Å²) in [7, 11) is 0. The lowest BCUT2D eigenvalue weighted by atomic mass is 9.91. The van der Waals surface area contributed by atoms with E-state index in [1.54, 1.807) is 6.92 Å². The number of nitro groups is 1. The molecule has 4 rings (SSSR count). The number of carbonyl (C=O) groups is 3. The fourth-order valence-corrected chi connectivity index (χ4v) is 4.31. The first kappa shape index (κ1) is 21.5. The fraction of sp³-hybridized carbons (Fsp3) is 0.348. The fourth-order valence-electron chi connectivity index (χ4n) is 4.31. The zero-order valence-electron chi connectivity index (χ0n) is 18.0. The van der Waals surface area contributed by atoms with Crippen LogP contribution in [0.15, 0.2) is 42.5 Å². The molecule has 2 aromatic carbocycles. The van der Waals surface area contributed by atoms with Gasteiger partial charge in [-0.15, -0.1) is 0 Å². The lowest BCUT2D eigenvalue weighted by Gasteiger charge is -2.23. The van der Waals surface area contributed by atoms with E-state index < -0.39 is 34.9 Å². The van der Waals surface area contributed by atoms with Crippen molar-refractivity contribution in [2.24, 2.45) is 0 Å². The number of anilines is 1. The molecule has 0 bridgehead atoms. The maximum atomic E-state index is 13.2. The molecule has 2 heterocycles. The summed E-state index contributed by atoms with van der Waals surface area (Å²) in [6.07, 6.45) is 2.41. The number of carbonyl (C=O) groups excluding carboxylic acids is 3. The van der Waals surface area contributed by atoms with Crippen molar-refractivity contribution in [3.05, 3.63) is 69.3 Å². The summed E-state index contributed by atoms with van der Waals surface area (Å²) in [5.74, 6) is -0.897. The van der Waals surface area contributed by atoms with Crippen LogP contribution in [0.4, 0.5) is 16.2 Å². The molecule has 166 valence electrons.